The summed E-state index contributed by atoms with van der Waals surface area (Å²) < 4.78 is 5.52. The number of ketones is 1. The first-order valence-corrected chi connectivity index (χ1v) is 6.34. The highest BCUT2D eigenvalue weighted by atomic mass is 35.5. The van der Waals surface area contributed by atoms with Crippen LogP contribution >= 0.6 is 11.6 Å². The Hall–Kier alpha value is -1.37. The number of benzene rings is 1. The van der Waals surface area contributed by atoms with Crippen LogP contribution in [-0.4, -0.2) is 18.0 Å². The fourth-order valence-corrected chi connectivity index (χ4v) is 2.44. The summed E-state index contributed by atoms with van der Waals surface area (Å²) in [7, 11) is 0. The molecule has 0 amide bonds. The van der Waals surface area contributed by atoms with E-state index in [0.717, 1.165) is 6.42 Å². The second kappa shape index (κ2) is 5.51. The van der Waals surface area contributed by atoms with Gasteiger partial charge in [-0.3, -0.25) is 4.79 Å². The zero-order valence-electron chi connectivity index (χ0n) is 10.1. The van der Waals surface area contributed by atoms with Crippen molar-refractivity contribution in [3.05, 3.63) is 34.9 Å². The fourth-order valence-electron chi connectivity index (χ4n) is 2.19. The third kappa shape index (κ3) is 2.55. The van der Waals surface area contributed by atoms with Gasteiger partial charge < -0.3 is 4.74 Å². The van der Waals surface area contributed by atoms with Crippen LogP contribution in [0.4, 0.5) is 0 Å². The Balaban J connectivity index is 2.22. The van der Waals surface area contributed by atoms with Crippen molar-refractivity contribution in [3.63, 3.8) is 0 Å². The van der Waals surface area contributed by atoms with Crippen LogP contribution < -0.4 is 0 Å². The first-order valence-electron chi connectivity index (χ1n) is 5.96. The number of carbonyl (C=O) groups is 1. The van der Waals surface area contributed by atoms with E-state index in [4.69, 9.17) is 16.3 Å². The van der Waals surface area contributed by atoms with Gasteiger partial charge in [0.25, 0.3) is 0 Å². The monoisotopic (exact) mass is 263 g/mol. The van der Waals surface area contributed by atoms with Crippen molar-refractivity contribution < 1.29 is 9.53 Å². The fraction of sp³-hybridized carbons (Fsp3) is 0.429. The maximum Gasteiger partial charge on any atom is 0.183 e. The van der Waals surface area contributed by atoms with Gasteiger partial charge >= 0.3 is 0 Å². The summed E-state index contributed by atoms with van der Waals surface area (Å²) in [5.41, 5.74) is 0.565. The van der Waals surface area contributed by atoms with Gasteiger partial charge in [-0.15, -0.1) is 0 Å². The van der Waals surface area contributed by atoms with Crippen molar-refractivity contribution in [2.24, 2.45) is 0 Å². The van der Waals surface area contributed by atoms with Crippen molar-refractivity contribution in [2.45, 2.75) is 37.9 Å². The third-order valence-corrected chi connectivity index (χ3v) is 3.52. The Morgan fingerprint density at radius 2 is 2.22 bits per heavy atom. The van der Waals surface area contributed by atoms with Gasteiger partial charge in [0, 0.05) is 5.02 Å². The van der Waals surface area contributed by atoms with E-state index in [2.05, 4.69) is 0 Å². The van der Waals surface area contributed by atoms with Crippen molar-refractivity contribution in [1.82, 2.24) is 0 Å². The van der Waals surface area contributed by atoms with Crippen molar-refractivity contribution in [2.75, 3.05) is 0 Å². The van der Waals surface area contributed by atoms with E-state index in [0.29, 0.717) is 17.0 Å². The number of hydrogen-bond acceptors (Lipinski definition) is 3. The van der Waals surface area contributed by atoms with E-state index in [-0.39, 0.29) is 11.9 Å². The summed E-state index contributed by atoms with van der Waals surface area (Å²) in [6.45, 7) is 1.93. The van der Waals surface area contributed by atoms with Gasteiger partial charge in [0.05, 0.1) is 12.2 Å². The van der Waals surface area contributed by atoms with E-state index in [9.17, 15) is 10.1 Å². The van der Waals surface area contributed by atoms with E-state index in [1.807, 2.05) is 13.0 Å². The van der Waals surface area contributed by atoms with Gasteiger partial charge in [-0.25, -0.2) is 0 Å². The Morgan fingerprint density at radius 3 is 2.78 bits per heavy atom. The highest BCUT2D eigenvalue weighted by molar-refractivity contribution is 6.31. The van der Waals surface area contributed by atoms with Crippen LogP contribution in [0.25, 0.3) is 0 Å². The summed E-state index contributed by atoms with van der Waals surface area (Å²) in [5.74, 6) is -1.02. The number of rotatable bonds is 3. The average Bonchev–Trinajstić information content (AvgIpc) is 2.79. The molecule has 0 aliphatic carbocycles. The molecule has 0 aromatic heterocycles. The molecule has 1 aromatic rings. The smallest absolute Gasteiger partial charge is 0.183 e. The van der Waals surface area contributed by atoms with Crippen LogP contribution in [0.2, 0.25) is 5.02 Å². The second-order valence-electron chi connectivity index (χ2n) is 4.50. The minimum Gasteiger partial charge on any atom is -0.367 e. The van der Waals surface area contributed by atoms with Crippen molar-refractivity contribution in [3.8, 4) is 6.07 Å². The van der Waals surface area contributed by atoms with Crippen molar-refractivity contribution >= 4 is 17.4 Å². The molecule has 0 spiro atoms. The zero-order chi connectivity index (χ0) is 13.1. The lowest BCUT2D eigenvalue weighted by Gasteiger charge is -2.15. The number of ether oxygens (including phenoxy) is 1. The molecule has 0 bridgehead atoms. The lowest BCUT2D eigenvalue weighted by atomic mass is 9.92. The number of nitrogens with zero attached hydrogens (tertiary/aromatic N) is 1. The quantitative estimate of drug-likeness (QED) is 0.842. The second-order valence-corrected chi connectivity index (χ2v) is 4.91. The van der Waals surface area contributed by atoms with Gasteiger partial charge in [-0.05, 0) is 31.4 Å². The van der Waals surface area contributed by atoms with Crippen LogP contribution in [0.1, 0.15) is 31.2 Å². The Kier molecular flexibility index (Phi) is 4.00. The van der Waals surface area contributed by atoms with Crippen molar-refractivity contribution in [1.29, 1.82) is 5.26 Å². The van der Waals surface area contributed by atoms with E-state index in [1.54, 1.807) is 24.3 Å². The largest absolute Gasteiger partial charge is 0.367 e. The summed E-state index contributed by atoms with van der Waals surface area (Å²) in [5, 5.41) is 9.66. The summed E-state index contributed by atoms with van der Waals surface area (Å²) in [6, 6.07) is 8.99. The molecule has 3 nitrogen and oxygen atoms in total. The summed E-state index contributed by atoms with van der Waals surface area (Å²) in [4.78, 5) is 12.3. The Morgan fingerprint density at radius 1 is 1.50 bits per heavy atom. The molecular weight excluding hydrogens is 250 g/mol. The molecule has 94 valence electrons. The molecule has 0 saturated carbocycles. The van der Waals surface area contributed by atoms with Gasteiger partial charge in [0.2, 0.25) is 0 Å². The molecule has 2 rings (SSSR count). The number of carbonyl (C=O) groups excluding carboxylic acids is 1. The Labute approximate surface area is 111 Å². The normalized spacial score (nSPS) is 24.5. The molecule has 1 heterocycles. The lowest BCUT2D eigenvalue weighted by molar-refractivity contribution is -0.129. The number of Topliss-reactive ketones (excluding diaryl/α,β-unsaturated/α-hetero) is 1. The standard InChI is InChI=1S/C14H14ClNO2/c1-9-6-7-13(18-9)14(17)11(8-16)10-4-2-3-5-12(10)15/h2-5,9,11,13H,6-7H2,1H3. The van der Waals surface area contributed by atoms with Gasteiger partial charge in [-0.1, -0.05) is 29.8 Å². The number of nitriles is 1. The molecule has 1 aliphatic heterocycles. The molecule has 4 heteroatoms. The maximum absolute atomic E-state index is 12.3. The highest BCUT2D eigenvalue weighted by Gasteiger charge is 2.34. The van der Waals surface area contributed by atoms with Gasteiger partial charge in [-0.2, -0.15) is 5.26 Å². The molecule has 3 unspecified atom stereocenters. The van der Waals surface area contributed by atoms with Gasteiger partial charge in [0.15, 0.2) is 5.78 Å². The zero-order valence-corrected chi connectivity index (χ0v) is 10.9. The minimum absolute atomic E-state index is 0.0875. The SMILES string of the molecule is CC1CCC(C(=O)C(C#N)c2ccccc2Cl)O1. The first-order chi connectivity index (χ1) is 8.63. The predicted molar refractivity (Wildman–Crippen MR) is 68.4 cm³/mol. The van der Waals surface area contributed by atoms with E-state index < -0.39 is 12.0 Å². The van der Waals surface area contributed by atoms with Crippen LogP contribution in [0.15, 0.2) is 24.3 Å². The Bertz CT molecular complexity index is 495. The topological polar surface area (TPSA) is 50.1 Å². The van der Waals surface area contributed by atoms with Crippen LogP contribution in [0.3, 0.4) is 0 Å². The third-order valence-electron chi connectivity index (χ3n) is 3.18. The van der Waals surface area contributed by atoms with Crippen LogP contribution in [0.5, 0.6) is 0 Å². The molecule has 1 fully saturated rings. The molecule has 0 N–H and O–H groups in total. The number of halogens is 1. The molecule has 1 aromatic carbocycles. The molecule has 1 aliphatic rings. The van der Waals surface area contributed by atoms with E-state index >= 15 is 0 Å². The molecule has 1 saturated heterocycles. The van der Waals surface area contributed by atoms with Crippen LogP contribution in [0, 0.1) is 11.3 Å². The maximum atomic E-state index is 12.3. The van der Waals surface area contributed by atoms with E-state index in [1.165, 1.54) is 0 Å². The lowest BCUT2D eigenvalue weighted by Crippen LogP contribution is -2.26. The predicted octanol–water partition coefficient (Wildman–Crippen LogP) is 3.08. The average molecular weight is 264 g/mol. The van der Waals surface area contributed by atoms with Gasteiger partial charge in [0.1, 0.15) is 12.0 Å². The highest BCUT2D eigenvalue weighted by Crippen LogP contribution is 2.29. The van der Waals surface area contributed by atoms with Crippen LogP contribution in [-0.2, 0) is 9.53 Å². The first kappa shape index (κ1) is 13.1. The number of hydrogen-bond donors (Lipinski definition) is 0. The molecular formula is C14H14ClNO2. The molecule has 3 atom stereocenters. The summed E-state index contributed by atoms with van der Waals surface area (Å²) in [6.07, 6.45) is 1.16. The molecule has 0 radical (unpaired) electrons. The molecule has 18 heavy (non-hydrogen) atoms. The minimum atomic E-state index is -0.839. The summed E-state index contributed by atoms with van der Waals surface area (Å²) >= 11 is 6.03.